The monoisotopic (exact) mass is 342 g/mol. The normalized spacial score (nSPS) is 25.2. The molecule has 134 valence electrons. The van der Waals surface area contributed by atoms with Crippen LogP contribution in [-0.2, 0) is 4.74 Å². The summed E-state index contributed by atoms with van der Waals surface area (Å²) in [5.74, 6) is 1.26. The molecule has 25 heavy (non-hydrogen) atoms. The zero-order valence-electron chi connectivity index (χ0n) is 14.7. The first kappa shape index (κ1) is 16.4. The third-order valence-electron chi connectivity index (χ3n) is 5.38. The number of H-pyrrole nitrogens is 1. The summed E-state index contributed by atoms with van der Waals surface area (Å²) < 4.78 is 5.68. The summed E-state index contributed by atoms with van der Waals surface area (Å²) in [5.41, 5.74) is 2.05. The number of amides is 2. The molecule has 3 heterocycles. The van der Waals surface area contributed by atoms with Crippen molar-refractivity contribution in [3.8, 4) is 0 Å². The molecular formula is C19H26N4O2. The van der Waals surface area contributed by atoms with E-state index in [0.29, 0.717) is 6.54 Å². The van der Waals surface area contributed by atoms with Gasteiger partial charge < -0.3 is 19.9 Å². The van der Waals surface area contributed by atoms with Gasteiger partial charge in [0.2, 0.25) is 0 Å². The van der Waals surface area contributed by atoms with Gasteiger partial charge >= 0.3 is 6.03 Å². The number of benzene rings is 1. The lowest BCUT2D eigenvalue weighted by Crippen LogP contribution is -2.50. The van der Waals surface area contributed by atoms with Gasteiger partial charge in [0, 0.05) is 25.6 Å². The summed E-state index contributed by atoms with van der Waals surface area (Å²) in [6.45, 7) is 4.36. The van der Waals surface area contributed by atoms with Gasteiger partial charge in [-0.15, -0.1) is 0 Å². The Hall–Kier alpha value is -2.08. The van der Waals surface area contributed by atoms with E-state index in [2.05, 4.69) is 10.3 Å². The summed E-state index contributed by atoms with van der Waals surface area (Å²) in [6, 6.07) is 8.15. The molecule has 2 aliphatic rings. The number of fused-ring (bicyclic) bond motifs is 1. The van der Waals surface area contributed by atoms with E-state index in [-0.39, 0.29) is 24.1 Å². The van der Waals surface area contributed by atoms with Crippen molar-refractivity contribution >= 4 is 17.1 Å². The van der Waals surface area contributed by atoms with Crippen molar-refractivity contribution in [3.63, 3.8) is 0 Å². The van der Waals surface area contributed by atoms with E-state index in [1.165, 1.54) is 0 Å². The molecule has 0 bridgehead atoms. The second-order valence-electron chi connectivity index (χ2n) is 7.21. The van der Waals surface area contributed by atoms with Crippen LogP contribution in [0.1, 0.15) is 44.3 Å². The van der Waals surface area contributed by atoms with Crippen molar-refractivity contribution in [2.24, 2.45) is 0 Å². The zero-order valence-corrected chi connectivity index (χ0v) is 14.7. The maximum Gasteiger partial charge on any atom is 0.317 e. The number of nitrogens with zero attached hydrogens (tertiary/aromatic N) is 2. The zero-order chi connectivity index (χ0) is 17.2. The number of para-hydroxylation sites is 2. The maximum atomic E-state index is 12.6. The Kier molecular flexibility index (Phi) is 4.61. The van der Waals surface area contributed by atoms with Gasteiger partial charge in [0.15, 0.2) is 0 Å². The molecule has 0 aliphatic carbocycles. The Morgan fingerprint density at radius 3 is 3.04 bits per heavy atom. The Labute approximate surface area is 147 Å². The summed E-state index contributed by atoms with van der Waals surface area (Å²) in [7, 11) is 0. The van der Waals surface area contributed by atoms with Crippen molar-refractivity contribution in [2.45, 2.75) is 50.7 Å². The molecule has 0 spiro atoms. The Balaban J connectivity index is 1.40. The number of carbonyl (C=O) groups excluding carboxylic acids is 1. The number of ether oxygens (including phenoxy) is 1. The van der Waals surface area contributed by atoms with Crippen molar-refractivity contribution < 1.29 is 9.53 Å². The third-order valence-corrected chi connectivity index (χ3v) is 5.38. The Morgan fingerprint density at radius 1 is 1.36 bits per heavy atom. The lowest BCUT2D eigenvalue weighted by Gasteiger charge is -2.33. The van der Waals surface area contributed by atoms with E-state index < -0.39 is 0 Å². The number of nitrogens with one attached hydrogen (secondary N) is 2. The number of imidazole rings is 1. The van der Waals surface area contributed by atoms with E-state index in [1.54, 1.807) is 0 Å². The van der Waals surface area contributed by atoms with Crippen molar-refractivity contribution in [3.05, 3.63) is 30.1 Å². The molecule has 6 heteroatoms. The average Bonchev–Trinajstić information content (AvgIpc) is 3.31. The molecule has 0 radical (unpaired) electrons. The molecule has 2 aliphatic heterocycles. The molecule has 2 amide bonds. The van der Waals surface area contributed by atoms with Crippen LogP contribution >= 0.6 is 0 Å². The van der Waals surface area contributed by atoms with E-state index >= 15 is 0 Å². The van der Waals surface area contributed by atoms with Crippen LogP contribution in [0.25, 0.3) is 11.0 Å². The smallest absolute Gasteiger partial charge is 0.317 e. The number of urea groups is 1. The summed E-state index contributed by atoms with van der Waals surface area (Å²) in [6.07, 6.45) is 4.33. The SMILES string of the molecule is C[C@H](NC(=O)N1CCC[C@@H](c2nc3ccccc3[nH]2)C1)[C@H]1CCCO1. The third kappa shape index (κ3) is 3.49. The molecular weight excluding hydrogens is 316 g/mol. The van der Waals surface area contributed by atoms with Gasteiger partial charge in [-0.3, -0.25) is 0 Å². The van der Waals surface area contributed by atoms with Crippen LogP contribution < -0.4 is 5.32 Å². The number of hydrogen-bond acceptors (Lipinski definition) is 3. The van der Waals surface area contributed by atoms with Crippen LogP contribution in [0.3, 0.4) is 0 Å². The first-order valence-electron chi connectivity index (χ1n) is 9.32. The minimum absolute atomic E-state index is 0.0174. The number of aromatic nitrogens is 2. The molecule has 2 fully saturated rings. The second kappa shape index (κ2) is 7.04. The number of piperidine rings is 1. The Morgan fingerprint density at radius 2 is 2.24 bits per heavy atom. The van der Waals surface area contributed by atoms with Gasteiger partial charge in [-0.1, -0.05) is 12.1 Å². The van der Waals surface area contributed by atoms with Gasteiger partial charge in [-0.25, -0.2) is 9.78 Å². The quantitative estimate of drug-likeness (QED) is 0.901. The highest BCUT2D eigenvalue weighted by Crippen LogP contribution is 2.27. The molecule has 1 aromatic carbocycles. The molecule has 2 N–H and O–H groups in total. The van der Waals surface area contributed by atoms with Crippen LogP contribution in [0.15, 0.2) is 24.3 Å². The van der Waals surface area contributed by atoms with Crippen LogP contribution in [0.4, 0.5) is 4.79 Å². The maximum absolute atomic E-state index is 12.6. The minimum atomic E-state index is 0.0174. The number of likely N-dealkylation sites (tertiary alicyclic amines) is 1. The number of hydrogen-bond donors (Lipinski definition) is 2. The lowest BCUT2D eigenvalue weighted by molar-refractivity contribution is 0.0823. The molecule has 3 atom stereocenters. The van der Waals surface area contributed by atoms with Crippen LogP contribution in [0.2, 0.25) is 0 Å². The average molecular weight is 342 g/mol. The van der Waals surface area contributed by atoms with Gasteiger partial charge in [0.05, 0.1) is 23.2 Å². The summed E-state index contributed by atoms with van der Waals surface area (Å²) in [4.78, 5) is 22.7. The number of carbonyl (C=O) groups is 1. The topological polar surface area (TPSA) is 70.2 Å². The van der Waals surface area contributed by atoms with Gasteiger partial charge in [0.1, 0.15) is 5.82 Å². The van der Waals surface area contributed by atoms with Gasteiger partial charge in [0.25, 0.3) is 0 Å². The first-order valence-corrected chi connectivity index (χ1v) is 9.32. The molecule has 4 rings (SSSR count). The summed E-state index contributed by atoms with van der Waals surface area (Å²) >= 11 is 0. The van der Waals surface area contributed by atoms with Crippen molar-refractivity contribution in [2.75, 3.05) is 19.7 Å². The van der Waals surface area contributed by atoms with Crippen LogP contribution in [0.5, 0.6) is 0 Å². The highest BCUT2D eigenvalue weighted by molar-refractivity contribution is 5.76. The highest BCUT2D eigenvalue weighted by Gasteiger charge is 2.29. The van der Waals surface area contributed by atoms with Crippen LogP contribution in [-0.4, -0.2) is 52.7 Å². The molecule has 2 saturated heterocycles. The fraction of sp³-hybridized carbons (Fsp3) is 0.579. The molecule has 1 aromatic heterocycles. The van der Waals surface area contributed by atoms with Crippen molar-refractivity contribution in [1.82, 2.24) is 20.2 Å². The van der Waals surface area contributed by atoms with Gasteiger partial charge in [-0.2, -0.15) is 0 Å². The van der Waals surface area contributed by atoms with Crippen molar-refractivity contribution in [1.29, 1.82) is 0 Å². The van der Waals surface area contributed by atoms with E-state index in [0.717, 1.165) is 55.7 Å². The fourth-order valence-electron chi connectivity index (χ4n) is 3.93. The lowest BCUT2D eigenvalue weighted by atomic mass is 9.97. The second-order valence-corrected chi connectivity index (χ2v) is 7.21. The van der Waals surface area contributed by atoms with E-state index in [9.17, 15) is 4.79 Å². The first-order chi connectivity index (χ1) is 12.2. The standard InChI is InChI=1S/C19H26N4O2/c1-13(17-9-5-11-25-17)20-19(24)23-10-4-6-14(12-23)18-21-15-7-2-3-8-16(15)22-18/h2-3,7-8,13-14,17H,4-6,9-12H2,1H3,(H,20,24)(H,21,22)/t13-,14+,17+/m0/s1. The van der Waals surface area contributed by atoms with E-state index in [1.807, 2.05) is 36.1 Å². The molecule has 0 saturated carbocycles. The molecule has 0 unspecified atom stereocenters. The minimum Gasteiger partial charge on any atom is -0.376 e. The summed E-state index contributed by atoms with van der Waals surface area (Å²) in [5, 5.41) is 3.12. The number of rotatable bonds is 3. The predicted molar refractivity (Wildman–Crippen MR) is 96.6 cm³/mol. The molecule has 2 aromatic rings. The van der Waals surface area contributed by atoms with Crippen LogP contribution in [0, 0.1) is 0 Å². The molecule has 6 nitrogen and oxygen atoms in total. The predicted octanol–water partition coefficient (Wildman–Crippen LogP) is 3.02. The number of aromatic amines is 1. The highest BCUT2D eigenvalue weighted by atomic mass is 16.5. The largest absolute Gasteiger partial charge is 0.376 e. The Bertz CT molecular complexity index is 705. The fourth-order valence-corrected chi connectivity index (χ4v) is 3.93. The van der Waals surface area contributed by atoms with Gasteiger partial charge in [-0.05, 0) is 44.7 Å². The van der Waals surface area contributed by atoms with E-state index in [4.69, 9.17) is 9.72 Å².